The quantitative estimate of drug-likeness (QED) is 0.534. The van der Waals surface area contributed by atoms with E-state index in [1.165, 1.54) is 0 Å². The molecule has 0 aromatic rings. The van der Waals surface area contributed by atoms with E-state index in [-0.39, 0.29) is 11.3 Å². The van der Waals surface area contributed by atoms with Crippen LogP contribution in [-0.4, -0.2) is 25.5 Å². The first-order valence-corrected chi connectivity index (χ1v) is 6.35. The van der Waals surface area contributed by atoms with Crippen LogP contribution in [0.2, 0.25) is 0 Å². The van der Waals surface area contributed by atoms with E-state index in [1.807, 2.05) is 6.08 Å². The lowest BCUT2D eigenvalue weighted by molar-refractivity contribution is -0.133. The molecule has 0 aromatic heterocycles. The predicted octanol–water partition coefficient (Wildman–Crippen LogP) is 1.85. The van der Waals surface area contributed by atoms with E-state index in [1.54, 1.807) is 0 Å². The molecule has 2 N–H and O–H groups in total. The predicted molar refractivity (Wildman–Crippen MR) is 67.3 cm³/mol. The Morgan fingerprint density at radius 1 is 1.50 bits per heavy atom. The summed E-state index contributed by atoms with van der Waals surface area (Å²) in [6.45, 7) is 8.47. The first-order valence-electron chi connectivity index (χ1n) is 6.35. The molecule has 1 aliphatic rings. The topological polar surface area (TPSA) is 41.1 Å². The van der Waals surface area contributed by atoms with E-state index >= 15 is 0 Å². The van der Waals surface area contributed by atoms with Gasteiger partial charge in [-0.3, -0.25) is 4.79 Å². The third-order valence-electron chi connectivity index (χ3n) is 3.40. The number of nitrogens with one attached hydrogen (secondary N) is 2. The second-order valence-electron chi connectivity index (χ2n) is 4.61. The highest BCUT2D eigenvalue weighted by atomic mass is 16.2. The summed E-state index contributed by atoms with van der Waals surface area (Å²) in [4.78, 5) is 12.2. The average molecular weight is 224 g/mol. The maximum absolute atomic E-state index is 12.2. The SMILES string of the molecule is C=CCCNC(=O)C1(CCC)CCNCC1. The van der Waals surface area contributed by atoms with Crippen LogP contribution in [0.25, 0.3) is 0 Å². The molecule has 0 aromatic carbocycles. The normalized spacial score (nSPS) is 19.1. The molecule has 0 unspecified atom stereocenters. The first-order chi connectivity index (χ1) is 7.75. The molecule has 0 saturated carbocycles. The molecule has 1 rings (SSSR count). The van der Waals surface area contributed by atoms with E-state index in [0.29, 0.717) is 0 Å². The van der Waals surface area contributed by atoms with Crippen molar-refractivity contribution in [3.05, 3.63) is 12.7 Å². The van der Waals surface area contributed by atoms with Gasteiger partial charge in [0.2, 0.25) is 5.91 Å². The molecular formula is C13H24N2O. The van der Waals surface area contributed by atoms with Gasteiger partial charge in [0.25, 0.3) is 0 Å². The standard InChI is InChI=1S/C13H24N2O/c1-3-5-9-15-12(16)13(6-4-2)7-10-14-11-8-13/h3,14H,1,4-11H2,2H3,(H,15,16). The van der Waals surface area contributed by atoms with Gasteiger partial charge in [-0.15, -0.1) is 6.58 Å². The van der Waals surface area contributed by atoms with Crippen molar-refractivity contribution in [1.29, 1.82) is 0 Å². The van der Waals surface area contributed by atoms with E-state index in [4.69, 9.17) is 0 Å². The molecule has 1 fully saturated rings. The highest BCUT2D eigenvalue weighted by Gasteiger charge is 2.38. The van der Waals surface area contributed by atoms with E-state index in [2.05, 4.69) is 24.1 Å². The molecule has 3 heteroatoms. The molecule has 1 saturated heterocycles. The second kappa shape index (κ2) is 6.69. The molecule has 1 amide bonds. The largest absolute Gasteiger partial charge is 0.355 e. The lowest BCUT2D eigenvalue weighted by Gasteiger charge is -2.36. The Morgan fingerprint density at radius 2 is 2.19 bits per heavy atom. The summed E-state index contributed by atoms with van der Waals surface area (Å²) in [7, 11) is 0. The van der Waals surface area contributed by atoms with Crippen molar-refractivity contribution in [2.24, 2.45) is 5.41 Å². The number of carbonyl (C=O) groups is 1. The summed E-state index contributed by atoms with van der Waals surface area (Å²) in [5.74, 6) is 0.248. The van der Waals surface area contributed by atoms with Crippen LogP contribution >= 0.6 is 0 Å². The van der Waals surface area contributed by atoms with Gasteiger partial charge >= 0.3 is 0 Å². The van der Waals surface area contributed by atoms with Crippen LogP contribution in [-0.2, 0) is 4.79 Å². The second-order valence-corrected chi connectivity index (χ2v) is 4.61. The monoisotopic (exact) mass is 224 g/mol. The number of hydrogen-bond donors (Lipinski definition) is 2. The summed E-state index contributed by atoms with van der Waals surface area (Å²) < 4.78 is 0. The van der Waals surface area contributed by atoms with Crippen LogP contribution in [0.15, 0.2) is 12.7 Å². The summed E-state index contributed by atoms with van der Waals surface area (Å²) in [6, 6.07) is 0. The fraction of sp³-hybridized carbons (Fsp3) is 0.769. The zero-order valence-electron chi connectivity index (χ0n) is 10.3. The number of hydrogen-bond acceptors (Lipinski definition) is 2. The molecular weight excluding hydrogens is 200 g/mol. The zero-order valence-corrected chi connectivity index (χ0v) is 10.3. The van der Waals surface area contributed by atoms with E-state index in [0.717, 1.165) is 51.7 Å². The minimum Gasteiger partial charge on any atom is -0.355 e. The molecule has 0 atom stereocenters. The minimum atomic E-state index is -0.110. The van der Waals surface area contributed by atoms with Gasteiger partial charge in [-0.25, -0.2) is 0 Å². The zero-order chi connectivity index (χ0) is 11.9. The first kappa shape index (κ1) is 13.2. The maximum Gasteiger partial charge on any atom is 0.226 e. The Balaban J connectivity index is 2.53. The maximum atomic E-state index is 12.2. The summed E-state index contributed by atoms with van der Waals surface area (Å²) in [5, 5.41) is 6.36. The third-order valence-corrected chi connectivity index (χ3v) is 3.40. The summed E-state index contributed by atoms with van der Waals surface area (Å²) in [6.07, 6.45) is 6.73. The number of rotatable bonds is 6. The van der Waals surface area contributed by atoms with E-state index in [9.17, 15) is 4.79 Å². The smallest absolute Gasteiger partial charge is 0.226 e. The molecule has 92 valence electrons. The molecule has 0 aliphatic carbocycles. The van der Waals surface area contributed by atoms with Gasteiger partial charge in [0.05, 0.1) is 5.41 Å². The lowest BCUT2D eigenvalue weighted by atomic mass is 9.74. The van der Waals surface area contributed by atoms with Gasteiger partial charge in [-0.1, -0.05) is 19.4 Å². The molecule has 1 heterocycles. The minimum absolute atomic E-state index is 0.110. The molecule has 1 aliphatic heterocycles. The van der Waals surface area contributed by atoms with Crippen molar-refractivity contribution in [2.45, 2.75) is 39.0 Å². The number of piperidine rings is 1. The van der Waals surface area contributed by atoms with Crippen molar-refractivity contribution in [2.75, 3.05) is 19.6 Å². The van der Waals surface area contributed by atoms with Crippen molar-refractivity contribution in [1.82, 2.24) is 10.6 Å². The van der Waals surface area contributed by atoms with Gasteiger partial charge in [0.15, 0.2) is 0 Å². The van der Waals surface area contributed by atoms with Gasteiger partial charge in [0.1, 0.15) is 0 Å². The third kappa shape index (κ3) is 3.34. The van der Waals surface area contributed by atoms with Crippen molar-refractivity contribution in [3.8, 4) is 0 Å². The molecule has 3 nitrogen and oxygen atoms in total. The lowest BCUT2D eigenvalue weighted by Crippen LogP contribution is -2.47. The van der Waals surface area contributed by atoms with Crippen LogP contribution in [0.3, 0.4) is 0 Å². The molecule has 16 heavy (non-hydrogen) atoms. The van der Waals surface area contributed by atoms with Crippen molar-refractivity contribution < 1.29 is 4.79 Å². The Hall–Kier alpha value is -0.830. The van der Waals surface area contributed by atoms with Gasteiger partial charge in [0, 0.05) is 6.54 Å². The average Bonchev–Trinajstić information content (AvgIpc) is 2.31. The van der Waals surface area contributed by atoms with Crippen molar-refractivity contribution >= 4 is 5.91 Å². The van der Waals surface area contributed by atoms with Crippen LogP contribution in [0.5, 0.6) is 0 Å². The van der Waals surface area contributed by atoms with Crippen molar-refractivity contribution in [3.63, 3.8) is 0 Å². The Labute approximate surface area is 98.7 Å². The molecule has 0 spiro atoms. The summed E-state index contributed by atoms with van der Waals surface area (Å²) >= 11 is 0. The van der Waals surface area contributed by atoms with Gasteiger partial charge in [-0.05, 0) is 38.8 Å². The van der Waals surface area contributed by atoms with Crippen LogP contribution in [0, 0.1) is 5.41 Å². The van der Waals surface area contributed by atoms with E-state index < -0.39 is 0 Å². The fourth-order valence-corrected chi connectivity index (χ4v) is 2.45. The van der Waals surface area contributed by atoms with Crippen LogP contribution in [0.1, 0.15) is 39.0 Å². The summed E-state index contributed by atoms with van der Waals surface area (Å²) in [5.41, 5.74) is -0.110. The molecule has 0 bridgehead atoms. The van der Waals surface area contributed by atoms with Gasteiger partial charge < -0.3 is 10.6 Å². The highest BCUT2D eigenvalue weighted by Crippen LogP contribution is 2.34. The Bertz CT molecular complexity index is 227. The van der Waals surface area contributed by atoms with Crippen LogP contribution < -0.4 is 10.6 Å². The number of carbonyl (C=O) groups excluding carboxylic acids is 1. The highest BCUT2D eigenvalue weighted by molar-refractivity contribution is 5.82. The molecule has 0 radical (unpaired) electrons. The Kier molecular flexibility index (Phi) is 5.53. The Morgan fingerprint density at radius 3 is 2.75 bits per heavy atom. The van der Waals surface area contributed by atoms with Crippen LogP contribution in [0.4, 0.5) is 0 Å². The number of amides is 1. The fourth-order valence-electron chi connectivity index (χ4n) is 2.45. The van der Waals surface area contributed by atoms with Gasteiger partial charge in [-0.2, -0.15) is 0 Å².